The molecular weight excluding hydrogens is 443 g/mol. The Morgan fingerprint density at radius 1 is 0.966 bits per heavy atom. The highest BCUT2D eigenvalue weighted by Crippen LogP contribution is 2.34. The van der Waals surface area contributed by atoms with Crippen molar-refractivity contribution in [2.45, 2.75) is 11.4 Å². The predicted molar refractivity (Wildman–Crippen MR) is 124 cm³/mol. The van der Waals surface area contributed by atoms with E-state index in [1.807, 2.05) is 72.8 Å². The van der Waals surface area contributed by atoms with Gasteiger partial charge in [-0.25, -0.2) is 4.98 Å². The van der Waals surface area contributed by atoms with Crippen LogP contribution in [-0.2, 0) is 11.3 Å². The summed E-state index contributed by atoms with van der Waals surface area (Å²) in [6.07, 6.45) is 0. The predicted octanol–water partition coefficient (Wildman–Crippen LogP) is 6.93. The lowest BCUT2D eigenvalue weighted by atomic mass is 10.2. The number of thioether (sulfide) groups is 1. The third-order valence-electron chi connectivity index (χ3n) is 4.25. The van der Waals surface area contributed by atoms with E-state index < -0.39 is 0 Å². The number of nitrogens with zero attached hydrogens (tertiary/aromatic N) is 2. The molecule has 0 spiro atoms. The molecule has 1 amide bonds. The molecule has 0 saturated heterocycles. The molecule has 0 bridgehead atoms. The van der Waals surface area contributed by atoms with Crippen LogP contribution < -0.4 is 4.90 Å². The minimum atomic E-state index is -0.0102. The summed E-state index contributed by atoms with van der Waals surface area (Å²) in [7, 11) is 0. The summed E-state index contributed by atoms with van der Waals surface area (Å²) in [6, 6.07) is 23.1. The first kappa shape index (κ1) is 20.2. The van der Waals surface area contributed by atoms with E-state index in [4.69, 9.17) is 23.2 Å². The van der Waals surface area contributed by atoms with Gasteiger partial charge < -0.3 is 0 Å². The van der Waals surface area contributed by atoms with E-state index in [9.17, 15) is 4.79 Å². The molecule has 0 atom stereocenters. The molecule has 4 aromatic rings. The fourth-order valence-electron chi connectivity index (χ4n) is 2.80. The van der Waals surface area contributed by atoms with Crippen molar-refractivity contribution in [3.8, 4) is 0 Å². The number of rotatable bonds is 6. The third-order valence-corrected chi connectivity index (χ3v) is 6.85. The molecule has 146 valence electrons. The number of fused-ring (bicyclic) bond motifs is 1. The lowest BCUT2D eigenvalue weighted by Gasteiger charge is -2.20. The molecule has 0 aliphatic heterocycles. The number of anilines is 1. The van der Waals surface area contributed by atoms with Crippen LogP contribution in [0.3, 0.4) is 0 Å². The first-order valence-electron chi connectivity index (χ1n) is 8.88. The summed E-state index contributed by atoms with van der Waals surface area (Å²) in [5.74, 6) is 0.293. The van der Waals surface area contributed by atoms with Gasteiger partial charge in [0.15, 0.2) is 5.13 Å². The molecular formula is C22H16Cl2N2OS2. The number of halogens is 2. The number of aromatic nitrogens is 1. The highest BCUT2D eigenvalue weighted by Gasteiger charge is 2.21. The van der Waals surface area contributed by atoms with Crippen molar-refractivity contribution >= 4 is 67.6 Å². The number of carbonyl (C=O) groups excluding carboxylic acids is 1. The highest BCUT2D eigenvalue weighted by atomic mass is 35.5. The fraction of sp³-hybridized carbons (Fsp3) is 0.0909. The Hall–Kier alpha value is -2.05. The monoisotopic (exact) mass is 458 g/mol. The van der Waals surface area contributed by atoms with Crippen molar-refractivity contribution in [2.75, 3.05) is 10.7 Å². The molecule has 29 heavy (non-hydrogen) atoms. The highest BCUT2D eigenvalue weighted by molar-refractivity contribution is 8.00. The van der Waals surface area contributed by atoms with Gasteiger partial charge in [0.1, 0.15) is 5.52 Å². The summed E-state index contributed by atoms with van der Waals surface area (Å²) < 4.78 is 0.962. The molecule has 7 heteroatoms. The summed E-state index contributed by atoms with van der Waals surface area (Å²) in [4.78, 5) is 20.6. The molecule has 0 aliphatic carbocycles. The van der Waals surface area contributed by atoms with E-state index in [0.717, 1.165) is 20.7 Å². The van der Waals surface area contributed by atoms with Gasteiger partial charge in [0.05, 0.1) is 22.0 Å². The average molecular weight is 459 g/mol. The zero-order valence-electron chi connectivity index (χ0n) is 15.2. The van der Waals surface area contributed by atoms with Crippen LogP contribution in [-0.4, -0.2) is 16.6 Å². The number of amides is 1. The summed E-state index contributed by atoms with van der Waals surface area (Å²) in [5, 5.41) is 1.92. The zero-order valence-corrected chi connectivity index (χ0v) is 18.4. The average Bonchev–Trinajstić information content (AvgIpc) is 3.17. The van der Waals surface area contributed by atoms with Crippen molar-refractivity contribution < 1.29 is 4.79 Å². The molecule has 0 radical (unpaired) electrons. The maximum Gasteiger partial charge on any atom is 0.239 e. The van der Waals surface area contributed by atoms with Crippen LogP contribution in [0.2, 0.25) is 10.0 Å². The fourth-order valence-corrected chi connectivity index (χ4v) is 4.98. The normalized spacial score (nSPS) is 11.0. The molecule has 0 N–H and O–H groups in total. The summed E-state index contributed by atoms with van der Waals surface area (Å²) in [6.45, 7) is 0.457. The smallest absolute Gasteiger partial charge is 0.239 e. The maximum absolute atomic E-state index is 13.2. The van der Waals surface area contributed by atoms with Gasteiger partial charge in [0.2, 0.25) is 5.91 Å². The largest absolute Gasteiger partial charge is 0.283 e. The molecule has 0 fully saturated rings. The first-order chi connectivity index (χ1) is 14.1. The van der Waals surface area contributed by atoms with Crippen molar-refractivity contribution in [1.29, 1.82) is 0 Å². The molecule has 1 aromatic heterocycles. The maximum atomic E-state index is 13.2. The molecule has 4 rings (SSSR count). The van der Waals surface area contributed by atoms with E-state index in [-0.39, 0.29) is 5.91 Å². The van der Waals surface area contributed by atoms with Gasteiger partial charge >= 0.3 is 0 Å². The molecule has 0 saturated carbocycles. The topological polar surface area (TPSA) is 33.2 Å². The zero-order chi connectivity index (χ0) is 20.2. The molecule has 1 heterocycles. The van der Waals surface area contributed by atoms with Gasteiger partial charge in [-0.15, -0.1) is 11.8 Å². The van der Waals surface area contributed by atoms with Gasteiger partial charge in [0, 0.05) is 9.92 Å². The van der Waals surface area contributed by atoms with E-state index in [0.29, 0.717) is 27.5 Å². The van der Waals surface area contributed by atoms with Crippen LogP contribution in [0.25, 0.3) is 10.2 Å². The third kappa shape index (κ3) is 4.93. The molecule has 0 unspecified atom stereocenters. The van der Waals surface area contributed by atoms with E-state index in [2.05, 4.69) is 4.98 Å². The minimum Gasteiger partial charge on any atom is -0.283 e. The SMILES string of the molecule is O=C(CSc1ccc(Cl)cc1)N(Cc1ccccc1)c1nc2c(Cl)cccc2s1. The molecule has 3 aromatic carbocycles. The Morgan fingerprint density at radius 2 is 1.72 bits per heavy atom. The van der Waals surface area contributed by atoms with Crippen LogP contribution in [0.15, 0.2) is 77.7 Å². The Labute approximate surface area is 187 Å². The van der Waals surface area contributed by atoms with Gasteiger partial charge in [-0.3, -0.25) is 9.69 Å². The Balaban J connectivity index is 1.60. The number of thiazole rings is 1. The molecule has 3 nitrogen and oxygen atoms in total. The van der Waals surface area contributed by atoms with Crippen molar-refractivity contribution in [2.24, 2.45) is 0 Å². The second-order valence-corrected chi connectivity index (χ2v) is 9.19. The van der Waals surface area contributed by atoms with Gasteiger partial charge in [-0.1, -0.05) is 70.9 Å². The van der Waals surface area contributed by atoms with Gasteiger partial charge in [-0.05, 0) is 42.0 Å². The van der Waals surface area contributed by atoms with Crippen LogP contribution in [0, 0.1) is 0 Å². The standard InChI is InChI=1S/C22H16Cl2N2OS2/c23-16-9-11-17(12-10-16)28-14-20(27)26(13-15-5-2-1-3-6-15)22-25-21-18(24)7-4-8-19(21)29-22/h1-12H,13-14H2. The Morgan fingerprint density at radius 3 is 2.45 bits per heavy atom. The van der Waals surface area contributed by atoms with Gasteiger partial charge in [0.25, 0.3) is 0 Å². The second-order valence-electron chi connectivity index (χ2n) is 6.29. The minimum absolute atomic E-state index is 0.0102. The van der Waals surface area contributed by atoms with Crippen molar-refractivity contribution in [3.63, 3.8) is 0 Å². The quantitative estimate of drug-likeness (QED) is 0.293. The van der Waals surface area contributed by atoms with Gasteiger partial charge in [-0.2, -0.15) is 0 Å². The van der Waals surface area contributed by atoms with Crippen molar-refractivity contribution in [1.82, 2.24) is 4.98 Å². The number of benzene rings is 3. The lowest BCUT2D eigenvalue weighted by molar-refractivity contribution is -0.116. The number of carbonyl (C=O) groups is 1. The number of para-hydroxylation sites is 1. The number of hydrogen-bond acceptors (Lipinski definition) is 4. The van der Waals surface area contributed by atoms with Crippen molar-refractivity contribution in [3.05, 3.63) is 88.4 Å². The summed E-state index contributed by atoms with van der Waals surface area (Å²) >= 11 is 15.2. The van der Waals surface area contributed by atoms with E-state index in [1.54, 1.807) is 4.90 Å². The van der Waals surface area contributed by atoms with Crippen LogP contribution >= 0.6 is 46.3 Å². The van der Waals surface area contributed by atoms with Crippen LogP contribution in [0.1, 0.15) is 5.56 Å². The van der Waals surface area contributed by atoms with E-state index in [1.165, 1.54) is 23.1 Å². The summed E-state index contributed by atoms with van der Waals surface area (Å²) in [5.41, 5.74) is 1.77. The second kappa shape index (κ2) is 9.18. The number of hydrogen-bond donors (Lipinski definition) is 0. The van der Waals surface area contributed by atoms with E-state index >= 15 is 0 Å². The van der Waals surface area contributed by atoms with Crippen LogP contribution in [0.4, 0.5) is 5.13 Å². The lowest BCUT2D eigenvalue weighted by Crippen LogP contribution is -2.31. The van der Waals surface area contributed by atoms with Crippen LogP contribution in [0.5, 0.6) is 0 Å². The molecule has 0 aliphatic rings. The first-order valence-corrected chi connectivity index (χ1v) is 11.4. The Bertz CT molecular complexity index is 1130. The Kier molecular flexibility index (Phi) is 6.40.